The molecule has 0 aromatic heterocycles. The number of allylic oxidation sites excluding steroid dienone is 4. The van der Waals surface area contributed by atoms with Gasteiger partial charge in [-0.15, -0.1) is 23.2 Å². The molecule has 0 heterocycles. The first-order chi connectivity index (χ1) is 5.20. The van der Waals surface area contributed by atoms with Crippen molar-refractivity contribution < 1.29 is 0 Å². The second-order valence-electron chi connectivity index (χ2n) is 2.32. The van der Waals surface area contributed by atoms with E-state index in [1.165, 1.54) is 5.57 Å². The van der Waals surface area contributed by atoms with Crippen molar-refractivity contribution in [3.63, 3.8) is 0 Å². The molecule has 0 saturated heterocycles. The molecule has 64 valence electrons. The first kappa shape index (κ1) is 11.1. The first-order valence-corrected chi connectivity index (χ1v) is 4.75. The lowest BCUT2D eigenvalue weighted by atomic mass is 10.2. The molecule has 0 N–H and O–H groups in total. The largest absolute Gasteiger partial charge is 0.122 e. The number of hydrogen-bond donors (Lipinski definition) is 0. The Morgan fingerprint density at radius 3 is 2.55 bits per heavy atom. The Kier molecular flexibility index (Phi) is 6.79. The van der Waals surface area contributed by atoms with Gasteiger partial charge in [-0.2, -0.15) is 0 Å². The van der Waals surface area contributed by atoms with Gasteiger partial charge in [0, 0.05) is 11.3 Å². The molecule has 0 amide bonds. The van der Waals surface area contributed by atoms with Gasteiger partial charge in [-0.05, 0) is 13.3 Å². The van der Waals surface area contributed by atoms with Crippen LogP contribution in [0.15, 0.2) is 23.8 Å². The van der Waals surface area contributed by atoms with Gasteiger partial charge in [0.1, 0.15) is 0 Å². The fourth-order valence-corrected chi connectivity index (χ4v) is 0.956. The van der Waals surface area contributed by atoms with E-state index >= 15 is 0 Å². The fourth-order valence-electron chi connectivity index (χ4n) is 0.686. The summed E-state index contributed by atoms with van der Waals surface area (Å²) in [7, 11) is 0. The number of halogens is 2. The van der Waals surface area contributed by atoms with Gasteiger partial charge in [0.2, 0.25) is 0 Å². The molecule has 2 heteroatoms. The minimum atomic E-state index is 0.0975. The topological polar surface area (TPSA) is 0 Å². The van der Waals surface area contributed by atoms with E-state index in [2.05, 4.69) is 6.92 Å². The van der Waals surface area contributed by atoms with Crippen LogP contribution in [-0.2, 0) is 0 Å². The summed E-state index contributed by atoms with van der Waals surface area (Å²) in [5.41, 5.74) is 1.24. The lowest BCUT2D eigenvalue weighted by molar-refractivity contribution is 1.13. The van der Waals surface area contributed by atoms with Crippen molar-refractivity contribution in [2.24, 2.45) is 0 Å². The average Bonchev–Trinajstić information content (AvgIpc) is 1.97. The molecule has 0 rings (SSSR count). The molecule has 0 bridgehead atoms. The third-order valence-electron chi connectivity index (χ3n) is 1.32. The highest BCUT2D eigenvalue weighted by atomic mass is 35.5. The van der Waals surface area contributed by atoms with E-state index in [0.717, 1.165) is 6.42 Å². The van der Waals surface area contributed by atoms with Crippen LogP contribution in [0.1, 0.15) is 20.3 Å². The fraction of sp³-hybridized carbons (Fsp3) is 0.556. The molecule has 0 radical (unpaired) electrons. The molecule has 1 atom stereocenters. The lowest BCUT2D eigenvalue weighted by Crippen LogP contribution is -1.83. The van der Waals surface area contributed by atoms with Gasteiger partial charge in [0.05, 0.1) is 0 Å². The molecular formula is C9H14Cl2. The van der Waals surface area contributed by atoms with Crippen LogP contribution in [-0.4, -0.2) is 11.3 Å². The van der Waals surface area contributed by atoms with Crippen molar-refractivity contribution in [1.29, 1.82) is 0 Å². The van der Waals surface area contributed by atoms with Crippen molar-refractivity contribution in [3.8, 4) is 0 Å². The van der Waals surface area contributed by atoms with Crippen LogP contribution in [0.25, 0.3) is 0 Å². The van der Waals surface area contributed by atoms with Gasteiger partial charge >= 0.3 is 0 Å². The van der Waals surface area contributed by atoms with Crippen molar-refractivity contribution in [1.82, 2.24) is 0 Å². The third-order valence-corrected chi connectivity index (χ3v) is 1.62. The average molecular weight is 193 g/mol. The molecule has 1 unspecified atom stereocenters. The Hall–Kier alpha value is 0.0600. The summed E-state index contributed by atoms with van der Waals surface area (Å²) >= 11 is 11.3. The summed E-state index contributed by atoms with van der Waals surface area (Å²) in [6.45, 7) is 4.04. The van der Waals surface area contributed by atoms with Crippen molar-refractivity contribution in [2.45, 2.75) is 25.6 Å². The quantitative estimate of drug-likeness (QED) is 0.471. The molecule has 0 aliphatic carbocycles. The van der Waals surface area contributed by atoms with E-state index < -0.39 is 0 Å². The minimum Gasteiger partial charge on any atom is -0.122 e. The molecule has 0 aromatic rings. The van der Waals surface area contributed by atoms with Gasteiger partial charge in [0.15, 0.2) is 0 Å². The molecule has 0 saturated carbocycles. The Bertz CT molecular complexity index is 146. The van der Waals surface area contributed by atoms with Gasteiger partial charge in [-0.1, -0.05) is 30.7 Å². The molecule has 0 fully saturated rings. The summed E-state index contributed by atoms with van der Waals surface area (Å²) < 4.78 is 0. The van der Waals surface area contributed by atoms with Gasteiger partial charge in [-0.3, -0.25) is 0 Å². The summed E-state index contributed by atoms with van der Waals surface area (Å²) in [4.78, 5) is 0. The maximum atomic E-state index is 5.73. The van der Waals surface area contributed by atoms with Crippen LogP contribution in [0.2, 0.25) is 0 Å². The molecule has 11 heavy (non-hydrogen) atoms. The molecule has 0 nitrogen and oxygen atoms in total. The highest BCUT2D eigenvalue weighted by Gasteiger charge is 1.89. The Labute approximate surface area is 78.9 Å². The van der Waals surface area contributed by atoms with E-state index in [0.29, 0.717) is 5.88 Å². The van der Waals surface area contributed by atoms with Crippen LogP contribution in [0.4, 0.5) is 0 Å². The van der Waals surface area contributed by atoms with Crippen LogP contribution in [0, 0.1) is 0 Å². The zero-order valence-electron chi connectivity index (χ0n) is 6.98. The third kappa shape index (κ3) is 6.46. The van der Waals surface area contributed by atoms with E-state index in [4.69, 9.17) is 23.2 Å². The monoisotopic (exact) mass is 192 g/mol. The molecular weight excluding hydrogens is 179 g/mol. The smallest absolute Gasteiger partial charge is 0.0490 e. The Balaban J connectivity index is 3.97. The van der Waals surface area contributed by atoms with Crippen molar-refractivity contribution in [2.75, 3.05) is 5.88 Å². The van der Waals surface area contributed by atoms with E-state index in [1.807, 2.05) is 25.2 Å². The normalized spacial score (nSPS) is 15.8. The molecule has 0 aromatic carbocycles. The number of rotatable bonds is 4. The zero-order chi connectivity index (χ0) is 8.69. The maximum absolute atomic E-state index is 5.73. The van der Waals surface area contributed by atoms with Gasteiger partial charge in [-0.25, -0.2) is 0 Å². The summed E-state index contributed by atoms with van der Waals surface area (Å²) in [5, 5.41) is 0.0975. The molecule has 0 aliphatic heterocycles. The number of hydrogen-bond acceptors (Lipinski definition) is 0. The van der Waals surface area contributed by atoms with Crippen LogP contribution >= 0.6 is 23.2 Å². The van der Waals surface area contributed by atoms with Crippen molar-refractivity contribution in [3.05, 3.63) is 23.8 Å². The SMILES string of the molecule is CCC(/C=C\C(C)Cl)=C/CCl. The van der Waals surface area contributed by atoms with Crippen LogP contribution < -0.4 is 0 Å². The van der Waals surface area contributed by atoms with E-state index in [1.54, 1.807) is 0 Å². The summed E-state index contributed by atoms with van der Waals surface area (Å²) in [6.07, 6.45) is 6.99. The highest BCUT2D eigenvalue weighted by Crippen LogP contribution is 2.05. The molecule has 0 spiro atoms. The second-order valence-corrected chi connectivity index (χ2v) is 3.32. The standard InChI is InChI=1S/C9H14Cl2/c1-3-9(6-7-10)5-4-8(2)11/h4-6,8H,3,7H2,1-2H3/b5-4-,9-6-. The van der Waals surface area contributed by atoms with Crippen molar-refractivity contribution >= 4 is 23.2 Å². The van der Waals surface area contributed by atoms with Gasteiger partial charge in [0.25, 0.3) is 0 Å². The van der Waals surface area contributed by atoms with Gasteiger partial charge < -0.3 is 0 Å². The minimum absolute atomic E-state index is 0.0975. The first-order valence-electron chi connectivity index (χ1n) is 3.78. The lowest BCUT2D eigenvalue weighted by Gasteiger charge is -1.96. The van der Waals surface area contributed by atoms with Crippen LogP contribution in [0.5, 0.6) is 0 Å². The predicted molar refractivity (Wildman–Crippen MR) is 53.5 cm³/mol. The van der Waals surface area contributed by atoms with Crippen LogP contribution in [0.3, 0.4) is 0 Å². The zero-order valence-corrected chi connectivity index (χ0v) is 8.49. The van der Waals surface area contributed by atoms with E-state index in [-0.39, 0.29) is 5.38 Å². The summed E-state index contributed by atoms with van der Waals surface area (Å²) in [6, 6.07) is 0. The Morgan fingerprint density at radius 1 is 1.55 bits per heavy atom. The number of alkyl halides is 2. The Morgan fingerprint density at radius 2 is 2.18 bits per heavy atom. The maximum Gasteiger partial charge on any atom is 0.0490 e. The summed E-state index contributed by atoms with van der Waals surface area (Å²) in [5.74, 6) is 0.574. The second kappa shape index (κ2) is 6.75. The van der Waals surface area contributed by atoms with E-state index in [9.17, 15) is 0 Å². The highest BCUT2D eigenvalue weighted by molar-refractivity contribution is 6.21. The predicted octanol–water partition coefficient (Wildman–Crippen LogP) is 3.75. The molecule has 0 aliphatic rings.